The molecular weight excluding hydrogens is 361 g/mol. The number of benzene rings is 2. The zero-order valence-corrected chi connectivity index (χ0v) is 14.6. The molecular formula is C19H17F3N2O3. The highest BCUT2D eigenvalue weighted by Crippen LogP contribution is 2.41. The van der Waals surface area contributed by atoms with E-state index in [-0.39, 0.29) is 5.69 Å². The van der Waals surface area contributed by atoms with Crippen LogP contribution >= 0.6 is 0 Å². The number of carbonyl (C=O) groups excluding carboxylic acids is 1. The maximum absolute atomic E-state index is 13.8. The van der Waals surface area contributed by atoms with Gasteiger partial charge >= 0.3 is 12.1 Å². The van der Waals surface area contributed by atoms with Gasteiger partial charge in [0.2, 0.25) is 0 Å². The monoisotopic (exact) mass is 378 g/mol. The molecule has 2 atom stereocenters. The van der Waals surface area contributed by atoms with Crippen LogP contribution in [0.15, 0.2) is 53.5 Å². The van der Waals surface area contributed by atoms with Gasteiger partial charge in [0.25, 0.3) is 0 Å². The number of ether oxygens (including phenoxy) is 2. The number of esters is 1. The van der Waals surface area contributed by atoms with Crippen molar-refractivity contribution in [2.75, 3.05) is 19.5 Å². The van der Waals surface area contributed by atoms with Crippen LogP contribution in [-0.2, 0) is 9.53 Å². The van der Waals surface area contributed by atoms with Crippen molar-refractivity contribution in [2.45, 2.75) is 12.2 Å². The summed E-state index contributed by atoms with van der Waals surface area (Å²) in [6.45, 7) is 0. The van der Waals surface area contributed by atoms with Gasteiger partial charge in [0.05, 0.1) is 31.6 Å². The second-order valence-corrected chi connectivity index (χ2v) is 5.91. The number of fused-ring (bicyclic) bond motifs is 1. The molecule has 3 rings (SSSR count). The fourth-order valence-corrected chi connectivity index (χ4v) is 3.00. The largest absolute Gasteiger partial charge is 0.497 e. The van der Waals surface area contributed by atoms with Gasteiger partial charge in [-0.3, -0.25) is 4.79 Å². The van der Waals surface area contributed by atoms with E-state index >= 15 is 0 Å². The number of nitrogens with one attached hydrogen (secondary N) is 1. The molecule has 1 N–H and O–H groups in total. The minimum atomic E-state index is -4.80. The molecule has 8 heteroatoms. The van der Waals surface area contributed by atoms with Crippen LogP contribution in [0.1, 0.15) is 11.6 Å². The predicted octanol–water partition coefficient (Wildman–Crippen LogP) is 4.29. The lowest BCUT2D eigenvalue weighted by Crippen LogP contribution is -2.41. The number of methoxy groups -OCH3 is 2. The summed E-state index contributed by atoms with van der Waals surface area (Å²) in [5, 5.41) is 3.02. The van der Waals surface area contributed by atoms with Gasteiger partial charge in [-0.25, -0.2) is 4.99 Å². The Morgan fingerprint density at radius 2 is 1.74 bits per heavy atom. The summed E-state index contributed by atoms with van der Waals surface area (Å²) in [7, 11) is 2.54. The van der Waals surface area contributed by atoms with Crippen LogP contribution in [-0.4, -0.2) is 32.1 Å². The first-order valence-electron chi connectivity index (χ1n) is 8.08. The van der Waals surface area contributed by atoms with Gasteiger partial charge in [-0.05, 0) is 29.8 Å². The first kappa shape index (κ1) is 18.8. The number of hydrogen-bond acceptors (Lipinski definition) is 5. The summed E-state index contributed by atoms with van der Waals surface area (Å²) in [6, 6.07) is 11.8. The van der Waals surface area contributed by atoms with Crippen molar-refractivity contribution in [3.8, 4) is 5.75 Å². The Morgan fingerprint density at radius 3 is 2.33 bits per heavy atom. The van der Waals surface area contributed by atoms with E-state index in [0.29, 0.717) is 17.0 Å². The Morgan fingerprint density at radius 1 is 1.07 bits per heavy atom. The van der Waals surface area contributed by atoms with E-state index in [1.54, 1.807) is 42.5 Å². The number of aliphatic imine (C=N–C) groups is 1. The van der Waals surface area contributed by atoms with Gasteiger partial charge in [-0.1, -0.05) is 24.3 Å². The van der Waals surface area contributed by atoms with E-state index < -0.39 is 29.8 Å². The highest BCUT2D eigenvalue weighted by molar-refractivity contribution is 6.08. The van der Waals surface area contributed by atoms with Gasteiger partial charge in [-0.2, -0.15) is 13.2 Å². The Bertz CT molecular complexity index is 863. The summed E-state index contributed by atoms with van der Waals surface area (Å²) in [6.07, 6.45) is -4.80. The predicted molar refractivity (Wildman–Crippen MR) is 94.5 cm³/mol. The van der Waals surface area contributed by atoms with E-state index in [1.165, 1.54) is 13.2 Å². The molecule has 0 spiro atoms. The SMILES string of the molecule is COC(=O)[C@@H]1C(C(F)(F)F)=Nc2ccccc2N[C@@H]1c1ccc(OC)cc1. The summed E-state index contributed by atoms with van der Waals surface area (Å²) < 4.78 is 51.1. The van der Waals surface area contributed by atoms with Gasteiger partial charge < -0.3 is 14.8 Å². The van der Waals surface area contributed by atoms with E-state index in [9.17, 15) is 18.0 Å². The molecule has 0 saturated heterocycles. The highest BCUT2D eigenvalue weighted by Gasteiger charge is 2.49. The molecule has 27 heavy (non-hydrogen) atoms. The first-order chi connectivity index (χ1) is 12.8. The summed E-state index contributed by atoms with van der Waals surface area (Å²) >= 11 is 0. The lowest BCUT2D eigenvalue weighted by atomic mass is 9.88. The molecule has 2 aromatic rings. The van der Waals surface area contributed by atoms with Gasteiger partial charge in [0, 0.05) is 0 Å². The second kappa shape index (κ2) is 7.30. The molecule has 142 valence electrons. The highest BCUT2D eigenvalue weighted by atomic mass is 19.4. The number of hydrogen-bond donors (Lipinski definition) is 1. The number of anilines is 1. The average molecular weight is 378 g/mol. The summed E-state index contributed by atoms with van der Waals surface area (Å²) in [5.74, 6) is -2.14. The first-order valence-corrected chi connectivity index (χ1v) is 8.08. The van der Waals surface area contributed by atoms with E-state index in [1.807, 2.05) is 0 Å². The van der Waals surface area contributed by atoms with Gasteiger partial charge in [0.1, 0.15) is 17.4 Å². The molecule has 1 heterocycles. The van der Waals surface area contributed by atoms with Crippen molar-refractivity contribution in [3.63, 3.8) is 0 Å². The number of para-hydroxylation sites is 2. The number of halogens is 3. The molecule has 0 aromatic heterocycles. The van der Waals surface area contributed by atoms with E-state index in [0.717, 1.165) is 7.11 Å². The normalized spacial score (nSPS) is 19.2. The number of nitrogens with zero attached hydrogens (tertiary/aromatic N) is 1. The number of rotatable bonds is 3. The fourth-order valence-electron chi connectivity index (χ4n) is 3.00. The van der Waals surface area contributed by atoms with E-state index in [2.05, 4.69) is 15.0 Å². The molecule has 0 saturated carbocycles. The zero-order chi connectivity index (χ0) is 19.6. The summed E-state index contributed by atoms with van der Waals surface area (Å²) in [5.41, 5.74) is -0.228. The standard InChI is InChI=1S/C19H17F3N2O3/c1-26-12-9-7-11(8-10-12)16-15(18(25)27-2)17(19(20,21)22)24-14-6-4-3-5-13(14)23-16/h3-10,15-16,23H,1-2H3/t15-,16+/m0/s1. The fraction of sp³-hybridized carbons (Fsp3) is 0.263. The van der Waals surface area contributed by atoms with Crippen LogP contribution in [0.3, 0.4) is 0 Å². The maximum Gasteiger partial charge on any atom is 0.430 e. The van der Waals surface area contributed by atoms with Crippen molar-refractivity contribution in [1.29, 1.82) is 0 Å². The topological polar surface area (TPSA) is 59.9 Å². The Kier molecular flexibility index (Phi) is 5.07. The Balaban J connectivity index is 2.19. The van der Waals surface area contributed by atoms with Crippen molar-refractivity contribution < 1.29 is 27.4 Å². The maximum atomic E-state index is 13.8. The molecule has 5 nitrogen and oxygen atoms in total. The molecule has 0 unspecified atom stereocenters. The molecule has 1 aliphatic heterocycles. The van der Waals surface area contributed by atoms with Crippen molar-refractivity contribution in [2.24, 2.45) is 10.9 Å². The van der Waals surface area contributed by atoms with Gasteiger partial charge in [0.15, 0.2) is 0 Å². The Labute approximate surface area is 153 Å². The van der Waals surface area contributed by atoms with Crippen molar-refractivity contribution >= 4 is 23.1 Å². The smallest absolute Gasteiger partial charge is 0.430 e. The molecule has 0 amide bonds. The third kappa shape index (κ3) is 3.74. The second-order valence-electron chi connectivity index (χ2n) is 5.91. The minimum absolute atomic E-state index is 0.106. The molecule has 0 bridgehead atoms. The molecule has 0 radical (unpaired) electrons. The molecule has 0 fully saturated rings. The zero-order valence-electron chi connectivity index (χ0n) is 14.6. The van der Waals surface area contributed by atoms with Crippen molar-refractivity contribution in [3.05, 3.63) is 54.1 Å². The minimum Gasteiger partial charge on any atom is -0.497 e. The van der Waals surface area contributed by atoms with Crippen LogP contribution < -0.4 is 10.1 Å². The third-order valence-electron chi connectivity index (χ3n) is 4.30. The Hall–Kier alpha value is -3.03. The van der Waals surface area contributed by atoms with Crippen LogP contribution in [0, 0.1) is 5.92 Å². The molecule has 1 aliphatic rings. The van der Waals surface area contributed by atoms with Crippen molar-refractivity contribution in [1.82, 2.24) is 0 Å². The number of alkyl halides is 3. The van der Waals surface area contributed by atoms with Crippen LogP contribution in [0.2, 0.25) is 0 Å². The molecule has 0 aliphatic carbocycles. The van der Waals surface area contributed by atoms with Crippen LogP contribution in [0.4, 0.5) is 24.5 Å². The lowest BCUT2D eigenvalue weighted by Gasteiger charge is -2.27. The van der Waals surface area contributed by atoms with E-state index in [4.69, 9.17) is 4.74 Å². The average Bonchev–Trinajstić information content (AvgIpc) is 2.84. The van der Waals surface area contributed by atoms with Crippen LogP contribution in [0.25, 0.3) is 0 Å². The summed E-state index contributed by atoms with van der Waals surface area (Å²) in [4.78, 5) is 16.1. The van der Waals surface area contributed by atoms with Gasteiger partial charge in [-0.15, -0.1) is 0 Å². The number of carbonyl (C=O) groups is 1. The lowest BCUT2D eigenvalue weighted by molar-refractivity contribution is -0.145. The third-order valence-corrected chi connectivity index (χ3v) is 4.30. The molecule has 2 aromatic carbocycles. The quantitative estimate of drug-likeness (QED) is 0.810. The van der Waals surface area contributed by atoms with Crippen LogP contribution in [0.5, 0.6) is 5.75 Å².